The number of nitrogens with one attached hydrogen (secondary N) is 1. The lowest BCUT2D eigenvalue weighted by Gasteiger charge is -2.27. The number of rotatable bonds is 4. The van der Waals surface area contributed by atoms with Gasteiger partial charge in [-0.3, -0.25) is 4.90 Å². The topological polar surface area (TPSA) is 24.5 Å². The molecule has 0 aliphatic carbocycles. The predicted octanol–water partition coefficient (Wildman–Crippen LogP) is 2.32. The molecule has 1 N–H and O–H groups in total. The highest BCUT2D eigenvalue weighted by Gasteiger charge is 2.16. The summed E-state index contributed by atoms with van der Waals surface area (Å²) in [5.41, 5.74) is 1.42. The smallest absolute Gasteiger partial charge is 0.0826 e. The molecule has 102 valence electrons. The van der Waals surface area contributed by atoms with E-state index in [0.717, 1.165) is 32.8 Å². The summed E-state index contributed by atoms with van der Waals surface area (Å²) in [6.45, 7) is 4.76. The number of thiophene rings is 1. The number of ether oxygens (including phenoxy) is 1. The molecule has 1 aromatic heterocycles. The van der Waals surface area contributed by atoms with Gasteiger partial charge < -0.3 is 10.1 Å². The van der Waals surface area contributed by atoms with Gasteiger partial charge in [0.2, 0.25) is 0 Å². The van der Waals surface area contributed by atoms with E-state index in [1.165, 1.54) is 15.6 Å². The molecule has 0 amide bonds. The van der Waals surface area contributed by atoms with Crippen LogP contribution in [0.2, 0.25) is 0 Å². The number of likely N-dealkylation sites (N-methyl/N-ethyl adjacent to an activating group) is 1. The maximum absolute atomic E-state index is 5.75. The van der Waals surface area contributed by atoms with Crippen molar-refractivity contribution in [2.75, 3.05) is 33.3 Å². The fraction of sp³-hybridized carbons (Fsp3) is 0.467. The average Bonchev–Trinajstić information content (AvgIpc) is 2.83. The molecular formula is C15H20N2OS. The Hall–Kier alpha value is -0.940. The van der Waals surface area contributed by atoms with Gasteiger partial charge in [0.1, 0.15) is 0 Å². The molecule has 19 heavy (non-hydrogen) atoms. The molecule has 3 rings (SSSR count). The van der Waals surface area contributed by atoms with Crippen LogP contribution >= 0.6 is 11.3 Å². The maximum atomic E-state index is 5.75. The molecule has 0 spiro atoms. The largest absolute Gasteiger partial charge is 0.374 e. The van der Waals surface area contributed by atoms with Gasteiger partial charge in [-0.2, -0.15) is 0 Å². The Balaban J connectivity index is 1.63. The second-order valence-electron chi connectivity index (χ2n) is 5.15. The maximum Gasteiger partial charge on any atom is 0.0826 e. The molecule has 0 bridgehead atoms. The molecule has 1 aliphatic heterocycles. The number of fused-ring (bicyclic) bond motifs is 1. The summed E-state index contributed by atoms with van der Waals surface area (Å²) in [6.07, 6.45) is 0.323. The zero-order chi connectivity index (χ0) is 13.1. The van der Waals surface area contributed by atoms with Crippen LogP contribution in [0, 0.1) is 0 Å². The van der Waals surface area contributed by atoms with E-state index in [2.05, 4.69) is 46.9 Å². The summed E-state index contributed by atoms with van der Waals surface area (Å²) in [5.74, 6) is 0. The average molecular weight is 276 g/mol. The fourth-order valence-corrected chi connectivity index (χ4v) is 3.55. The highest BCUT2D eigenvalue weighted by Crippen LogP contribution is 2.26. The molecule has 0 saturated carbocycles. The molecule has 1 fully saturated rings. The summed E-state index contributed by atoms with van der Waals surface area (Å²) in [5, 5.41) is 7.05. The summed E-state index contributed by atoms with van der Waals surface area (Å²) in [6, 6.07) is 8.63. The van der Waals surface area contributed by atoms with Crippen LogP contribution in [0.4, 0.5) is 0 Å². The molecular weight excluding hydrogens is 256 g/mol. The van der Waals surface area contributed by atoms with Crippen LogP contribution < -0.4 is 5.32 Å². The standard InChI is InChI=1S/C15H20N2OS/c1-17(10-13-8-16-6-7-18-13)9-12-11-19-15-5-3-2-4-14(12)15/h2-5,11,13,16H,6-10H2,1H3. The van der Waals surface area contributed by atoms with Crippen LogP contribution in [0.15, 0.2) is 29.6 Å². The molecule has 1 atom stereocenters. The Kier molecular flexibility index (Phi) is 4.13. The number of benzene rings is 1. The zero-order valence-corrected chi connectivity index (χ0v) is 12.1. The first-order valence-electron chi connectivity index (χ1n) is 6.79. The summed E-state index contributed by atoms with van der Waals surface area (Å²) in [7, 11) is 2.17. The van der Waals surface area contributed by atoms with Gasteiger partial charge in [-0.25, -0.2) is 0 Å². The minimum Gasteiger partial charge on any atom is -0.374 e. The second-order valence-corrected chi connectivity index (χ2v) is 6.06. The van der Waals surface area contributed by atoms with Crippen LogP contribution in [0.1, 0.15) is 5.56 Å². The lowest BCUT2D eigenvalue weighted by molar-refractivity contribution is 0.00892. The third-order valence-corrected chi connectivity index (χ3v) is 4.53. The van der Waals surface area contributed by atoms with Gasteiger partial charge in [0.05, 0.1) is 12.7 Å². The van der Waals surface area contributed by atoms with Gasteiger partial charge in [-0.1, -0.05) is 18.2 Å². The molecule has 1 saturated heterocycles. The number of morpholine rings is 1. The molecule has 2 heterocycles. The van der Waals surface area contributed by atoms with Crippen molar-refractivity contribution in [2.45, 2.75) is 12.6 Å². The first-order valence-corrected chi connectivity index (χ1v) is 7.67. The molecule has 3 nitrogen and oxygen atoms in total. The second kappa shape index (κ2) is 6.01. The quantitative estimate of drug-likeness (QED) is 0.927. The van der Waals surface area contributed by atoms with Crippen molar-refractivity contribution in [3.8, 4) is 0 Å². The van der Waals surface area contributed by atoms with Crippen molar-refractivity contribution < 1.29 is 4.74 Å². The van der Waals surface area contributed by atoms with Crippen LogP contribution in [-0.2, 0) is 11.3 Å². The van der Waals surface area contributed by atoms with E-state index in [4.69, 9.17) is 4.74 Å². The first kappa shape index (κ1) is 13.1. The lowest BCUT2D eigenvalue weighted by Crippen LogP contribution is -2.44. The lowest BCUT2D eigenvalue weighted by atomic mass is 10.1. The van der Waals surface area contributed by atoms with E-state index in [1.807, 2.05) is 11.3 Å². The summed E-state index contributed by atoms with van der Waals surface area (Å²) < 4.78 is 7.13. The van der Waals surface area contributed by atoms with Crippen molar-refractivity contribution in [2.24, 2.45) is 0 Å². The first-order chi connectivity index (χ1) is 9.33. The van der Waals surface area contributed by atoms with Crippen molar-refractivity contribution in [3.63, 3.8) is 0 Å². The van der Waals surface area contributed by atoms with E-state index in [0.29, 0.717) is 6.10 Å². The Bertz CT molecular complexity index is 534. The third kappa shape index (κ3) is 3.15. The van der Waals surface area contributed by atoms with Crippen molar-refractivity contribution in [1.29, 1.82) is 0 Å². The van der Waals surface area contributed by atoms with Gasteiger partial charge in [-0.05, 0) is 29.4 Å². The number of nitrogens with zero attached hydrogens (tertiary/aromatic N) is 1. The van der Waals surface area contributed by atoms with Crippen LogP contribution in [-0.4, -0.2) is 44.3 Å². The normalized spacial score (nSPS) is 20.2. The fourth-order valence-electron chi connectivity index (χ4n) is 2.60. The molecule has 2 aromatic rings. The van der Waals surface area contributed by atoms with E-state index in [1.54, 1.807) is 0 Å². The minimum absolute atomic E-state index is 0.323. The Morgan fingerprint density at radius 3 is 3.16 bits per heavy atom. The predicted molar refractivity (Wildman–Crippen MR) is 80.8 cm³/mol. The van der Waals surface area contributed by atoms with Crippen molar-refractivity contribution in [3.05, 3.63) is 35.2 Å². The molecule has 1 aromatic carbocycles. The highest BCUT2D eigenvalue weighted by molar-refractivity contribution is 7.17. The van der Waals surface area contributed by atoms with Gasteiger partial charge in [0.25, 0.3) is 0 Å². The van der Waals surface area contributed by atoms with Crippen molar-refractivity contribution >= 4 is 21.4 Å². The minimum atomic E-state index is 0.323. The molecule has 1 unspecified atom stereocenters. The monoisotopic (exact) mass is 276 g/mol. The summed E-state index contributed by atoms with van der Waals surface area (Å²) >= 11 is 1.83. The van der Waals surface area contributed by atoms with Crippen LogP contribution in [0.25, 0.3) is 10.1 Å². The van der Waals surface area contributed by atoms with Crippen molar-refractivity contribution in [1.82, 2.24) is 10.2 Å². The van der Waals surface area contributed by atoms with E-state index < -0.39 is 0 Å². The SMILES string of the molecule is CN(Cc1csc2ccccc12)CC1CNCCO1. The molecule has 1 aliphatic rings. The Morgan fingerprint density at radius 2 is 2.32 bits per heavy atom. The van der Waals surface area contributed by atoms with E-state index in [-0.39, 0.29) is 0 Å². The van der Waals surface area contributed by atoms with Gasteiger partial charge in [0, 0.05) is 30.9 Å². The van der Waals surface area contributed by atoms with Gasteiger partial charge in [-0.15, -0.1) is 11.3 Å². The van der Waals surface area contributed by atoms with Crippen LogP contribution in [0.3, 0.4) is 0 Å². The van der Waals surface area contributed by atoms with E-state index >= 15 is 0 Å². The number of hydrogen-bond acceptors (Lipinski definition) is 4. The van der Waals surface area contributed by atoms with Gasteiger partial charge in [0.15, 0.2) is 0 Å². The number of hydrogen-bond donors (Lipinski definition) is 1. The third-order valence-electron chi connectivity index (χ3n) is 3.52. The molecule has 0 radical (unpaired) electrons. The van der Waals surface area contributed by atoms with Crippen LogP contribution in [0.5, 0.6) is 0 Å². The molecule has 4 heteroatoms. The summed E-state index contributed by atoms with van der Waals surface area (Å²) in [4.78, 5) is 2.35. The zero-order valence-electron chi connectivity index (χ0n) is 11.3. The Labute approximate surface area is 118 Å². The van der Waals surface area contributed by atoms with Gasteiger partial charge >= 0.3 is 0 Å². The highest BCUT2D eigenvalue weighted by atomic mass is 32.1. The Morgan fingerprint density at radius 1 is 1.42 bits per heavy atom. The van der Waals surface area contributed by atoms with E-state index in [9.17, 15) is 0 Å².